The van der Waals surface area contributed by atoms with Crippen LogP contribution in [0.15, 0.2) is 28.8 Å². The maximum Gasteiger partial charge on any atom is 0.231 e. The molecule has 0 N–H and O–H groups in total. The predicted octanol–water partition coefficient (Wildman–Crippen LogP) is 2.11. The quantitative estimate of drug-likeness (QED) is 0.731. The van der Waals surface area contributed by atoms with Gasteiger partial charge in [0, 0.05) is 0 Å². The van der Waals surface area contributed by atoms with Crippen molar-refractivity contribution >= 4 is 0 Å². The highest BCUT2D eigenvalue weighted by atomic mass is 19.1. The third kappa shape index (κ3) is 1.79. The van der Waals surface area contributed by atoms with Gasteiger partial charge in [-0.25, -0.2) is 4.39 Å². The lowest BCUT2D eigenvalue weighted by molar-refractivity contribution is 0.380. The van der Waals surface area contributed by atoms with Crippen molar-refractivity contribution in [1.29, 1.82) is 0 Å². The van der Waals surface area contributed by atoms with E-state index in [-0.39, 0.29) is 5.82 Å². The van der Waals surface area contributed by atoms with Gasteiger partial charge < -0.3 is 4.52 Å². The highest BCUT2D eigenvalue weighted by molar-refractivity contribution is 5.20. The molecule has 1 aromatic carbocycles. The van der Waals surface area contributed by atoms with E-state index in [0.29, 0.717) is 23.7 Å². The first-order valence-electron chi connectivity index (χ1n) is 4.28. The number of nitrogens with zero attached hydrogens (tertiary/aromatic N) is 2. The molecule has 0 unspecified atom stereocenters. The topological polar surface area (TPSA) is 38.9 Å². The summed E-state index contributed by atoms with van der Waals surface area (Å²) in [5.74, 6) is 0.757. The smallest absolute Gasteiger partial charge is 0.231 e. The van der Waals surface area contributed by atoms with Crippen molar-refractivity contribution in [3.05, 3.63) is 47.4 Å². The number of halogens is 1. The zero-order valence-corrected chi connectivity index (χ0v) is 7.70. The highest BCUT2D eigenvalue weighted by Gasteiger charge is 2.07. The van der Waals surface area contributed by atoms with Crippen molar-refractivity contribution in [3.63, 3.8) is 0 Å². The molecular weight excluding hydrogens is 183 g/mol. The third-order valence-electron chi connectivity index (χ3n) is 1.87. The van der Waals surface area contributed by atoms with Crippen LogP contribution in [0.1, 0.15) is 17.3 Å². The normalized spacial score (nSPS) is 10.4. The summed E-state index contributed by atoms with van der Waals surface area (Å²) in [5, 5.41) is 3.63. The minimum atomic E-state index is -0.247. The molecule has 2 aromatic rings. The fourth-order valence-corrected chi connectivity index (χ4v) is 1.22. The summed E-state index contributed by atoms with van der Waals surface area (Å²) in [5.41, 5.74) is 0.566. The molecule has 0 aliphatic rings. The van der Waals surface area contributed by atoms with Crippen LogP contribution in [0.3, 0.4) is 0 Å². The van der Waals surface area contributed by atoms with Gasteiger partial charge in [0.2, 0.25) is 5.89 Å². The maximum atomic E-state index is 13.2. The molecule has 0 amide bonds. The highest BCUT2D eigenvalue weighted by Crippen LogP contribution is 2.11. The molecule has 4 heteroatoms. The molecule has 3 nitrogen and oxygen atoms in total. The van der Waals surface area contributed by atoms with Crippen LogP contribution < -0.4 is 0 Å². The minimum Gasteiger partial charge on any atom is -0.339 e. The van der Waals surface area contributed by atoms with E-state index < -0.39 is 0 Å². The average molecular weight is 192 g/mol. The molecule has 14 heavy (non-hydrogen) atoms. The number of benzene rings is 1. The van der Waals surface area contributed by atoms with Gasteiger partial charge in [0.1, 0.15) is 5.82 Å². The monoisotopic (exact) mass is 192 g/mol. The summed E-state index contributed by atoms with van der Waals surface area (Å²) in [6, 6.07) is 6.55. The van der Waals surface area contributed by atoms with Crippen LogP contribution in [-0.2, 0) is 6.42 Å². The van der Waals surface area contributed by atoms with Crippen LogP contribution in [0.25, 0.3) is 0 Å². The lowest BCUT2D eigenvalue weighted by Gasteiger charge is -1.97. The van der Waals surface area contributed by atoms with Crippen LogP contribution in [0, 0.1) is 12.7 Å². The van der Waals surface area contributed by atoms with E-state index in [4.69, 9.17) is 4.52 Å². The van der Waals surface area contributed by atoms with Crippen LogP contribution in [0.2, 0.25) is 0 Å². The summed E-state index contributed by atoms with van der Waals surface area (Å²) >= 11 is 0. The second kappa shape index (κ2) is 3.57. The van der Waals surface area contributed by atoms with Crippen molar-refractivity contribution in [1.82, 2.24) is 10.1 Å². The third-order valence-corrected chi connectivity index (χ3v) is 1.87. The van der Waals surface area contributed by atoms with Crippen molar-refractivity contribution in [2.24, 2.45) is 0 Å². The molecule has 0 aliphatic heterocycles. The van der Waals surface area contributed by atoms with E-state index in [1.807, 2.05) is 0 Å². The molecule has 1 aromatic heterocycles. The molecule has 0 saturated carbocycles. The summed E-state index contributed by atoms with van der Waals surface area (Å²) in [6.45, 7) is 1.73. The van der Waals surface area contributed by atoms with Gasteiger partial charge in [-0.15, -0.1) is 0 Å². The maximum absolute atomic E-state index is 13.2. The zero-order chi connectivity index (χ0) is 9.97. The molecule has 0 radical (unpaired) electrons. The fraction of sp³-hybridized carbons (Fsp3) is 0.200. The SMILES string of the molecule is Cc1noc(Cc2ccccc2F)n1. The van der Waals surface area contributed by atoms with Crippen LogP contribution in [0.4, 0.5) is 4.39 Å². The van der Waals surface area contributed by atoms with Gasteiger partial charge in [0.15, 0.2) is 5.82 Å². The van der Waals surface area contributed by atoms with E-state index >= 15 is 0 Å². The molecule has 72 valence electrons. The standard InChI is InChI=1S/C10H9FN2O/c1-7-12-10(14-13-7)6-8-4-2-3-5-9(8)11/h2-5H,6H2,1H3. The summed E-state index contributed by atoms with van der Waals surface area (Å²) in [7, 11) is 0. The molecule has 1 heterocycles. The van der Waals surface area contributed by atoms with E-state index in [0.717, 1.165) is 0 Å². The number of rotatable bonds is 2. The van der Waals surface area contributed by atoms with Crippen LogP contribution in [-0.4, -0.2) is 10.1 Å². The first-order chi connectivity index (χ1) is 6.75. The molecule has 0 aliphatic carbocycles. The van der Waals surface area contributed by atoms with Gasteiger partial charge in [-0.1, -0.05) is 23.4 Å². The summed E-state index contributed by atoms with van der Waals surface area (Å²) in [6.07, 6.45) is 0.341. The van der Waals surface area contributed by atoms with Gasteiger partial charge in [0.25, 0.3) is 0 Å². The second-order valence-electron chi connectivity index (χ2n) is 3.00. The predicted molar refractivity (Wildman–Crippen MR) is 48.2 cm³/mol. The first-order valence-corrected chi connectivity index (χ1v) is 4.28. The van der Waals surface area contributed by atoms with Crippen molar-refractivity contribution in [3.8, 4) is 0 Å². The fourth-order valence-electron chi connectivity index (χ4n) is 1.22. The average Bonchev–Trinajstić information content (AvgIpc) is 2.56. The van der Waals surface area contributed by atoms with E-state index in [1.54, 1.807) is 25.1 Å². The number of aromatic nitrogens is 2. The van der Waals surface area contributed by atoms with E-state index in [1.165, 1.54) is 6.07 Å². The molecule has 0 bridgehead atoms. The first kappa shape index (κ1) is 8.87. The minimum absolute atomic E-state index is 0.247. The Morgan fingerprint density at radius 2 is 2.14 bits per heavy atom. The van der Waals surface area contributed by atoms with Crippen molar-refractivity contribution in [2.45, 2.75) is 13.3 Å². The molecule has 0 atom stereocenters. The Bertz CT molecular complexity index is 439. The molecule has 0 fully saturated rings. The van der Waals surface area contributed by atoms with Gasteiger partial charge >= 0.3 is 0 Å². The number of hydrogen-bond acceptors (Lipinski definition) is 3. The van der Waals surface area contributed by atoms with E-state index in [2.05, 4.69) is 10.1 Å². The van der Waals surface area contributed by atoms with Gasteiger partial charge in [0.05, 0.1) is 6.42 Å². The Kier molecular flexibility index (Phi) is 2.26. The lowest BCUT2D eigenvalue weighted by atomic mass is 10.1. The molecule has 0 saturated heterocycles. The largest absolute Gasteiger partial charge is 0.339 e. The van der Waals surface area contributed by atoms with Crippen molar-refractivity contribution in [2.75, 3.05) is 0 Å². The van der Waals surface area contributed by atoms with Crippen LogP contribution in [0.5, 0.6) is 0 Å². The Morgan fingerprint density at radius 1 is 1.36 bits per heavy atom. The Hall–Kier alpha value is -1.71. The lowest BCUT2D eigenvalue weighted by Crippen LogP contribution is -1.92. The Balaban J connectivity index is 2.23. The Morgan fingerprint density at radius 3 is 2.79 bits per heavy atom. The van der Waals surface area contributed by atoms with Crippen LogP contribution >= 0.6 is 0 Å². The second-order valence-corrected chi connectivity index (χ2v) is 3.00. The number of aryl methyl sites for hydroxylation is 1. The van der Waals surface area contributed by atoms with Gasteiger partial charge in [-0.3, -0.25) is 0 Å². The molecule has 0 spiro atoms. The zero-order valence-electron chi connectivity index (χ0n) is 7.70. The summed E-state index contributed by atoms with van der Waals surface area (Å²) < 4.78 is 18.1. The number of hydrogen-bond donors (Lipinski definition) is 0. The van der Waals surface area contributed by atoms with Crippen molar-refractivity contribution < 1.29 is 8.91 Å². The Labute approximate surface area is 80.6 Å². The molecule has 2 rings (SSSR count). The van der Waals surface area contributed by atoms with Gasteiger partial charge in [-0.05, 0) is 18.6 Å². The summed E-state index contributed by atoms with van der Waals surface area (Å²) in [4.78, 5) is 4.00. The molecular formula is C10H9FN2O. The van der Waals surface area contributed by atoms with Gasteiger partial charge in [-0.2, -0.15) is 4.98 Å². The van der Waals surface area contributed by atoms with E-state index in [9.17, 15) is 4.39 Å².